The summed E-state index contributed by atoms with van der Waals surface area (Å²) in [5, 5.41) is 16.7. The van der Waals surface area contributed by atoms with Gasteiger partial charge in [0, 0.05) is 0 Å². The molecule has 3 nitrogen and oxygen atoms in total. The average Bonchev–Trinajstić information content (AvgIpc) is 1.64. The molecule has 0 radical (unpaired) electrons. The Kier molecular flexibility index (Phi) is 6.65. The first-order chi connectivity index (χ1) is 3.55. The molecule has 0 aromatic rings. The van der Waals surface area contributed by atoms with E-state index in [1.807, 2.05) is 0 Å². The maximum absolute atomic E-state index is 9.89. The second-order valence-electron chi connectivity index (χ2n) is 2.03. The van der Waals surface area contributed by atoms with E-state index in [0.717, 1.165) is 0 Å². The molecule has 0 fully saturated rings. The predicted molar refractivity (Wildman–Crippen MR) is 37.0 cm³/mol. The molecule has 0 aliphatic carbocycles. The minimum atomic E-state index is -1.21. The first-order valence-corrected chi connectivity index (χ1v) is 2.46. The second-order valence-corrected chi connectivity index (χ2v) is 2.03. The van der Waals surface area contributed by atoms with Gasteiger partial charge in [0.2, 0.25) is 0 Å². The van der Waals surface area contributed by atoms with Gasteiger partial charge in [0.15, 0.2) is 6.10 Å². The molecule has 2 N–H and O–H groups in total. The normalized spacial score (nSPS) is 12.4. The highest BCUT2D eigenvalue weighted by Gasteiger charge is 2.16. The molecule has 0 heterocycles. The highest BCUT2D eigenvalue weighted by atomic mass is 24.3. The first kappa shape index (κ1) is 11.9. The van der Waals surface area contributed by atoms with Crippen molar-refractivity contribution in [3.05, 3.63) is 0 Å². The van der Waals surface area contributed by atoms with Gasteiger partial charge in [-0.05, 0) is 5.92 Å². The highest BCUT2D eigenvalue weighted by molar-refractivity contribution is 5.75. The van der Waals surface area contributed by atoms with Crippen LogP contribution in [0.3, 0.4) is 0 Å². The summed E-state index contributed by atoms with van der Waals surface area (Å²) in [6, 6.07) is 0. The lowest BCUT2D eigenvalue weighted by Gasteiger charge is -2.06. The standard InChI is InChI=1S/C5H10O3.Mg.2H/c1-3(2)4(6)5(7)8;;;/h3-4,6H,1-2H3,(H,7,8);;;. The lowest BCUT2D eigenvalue weighted by molar-refractivity contribution is -0.148. The average molecular weight is 144 g/mol. The van der Waals surface area contributed by atoms with Crippen LogP contribution in [0.5, 0.6) is 0 Å². The van der Waals surface area contributed by atoms with Crippen LogP contribution in [-0.2, 0) is 4.79 Å². The summed E-state index contributed by atoms with van der Waals surface area (Å²) in [5.74, 6) is -1.35. The molecule has 0 aromatic carbocycles. The number of carbonyl (C=O) groups is 1. The van der Waals surface area contributed by atoms with Gasteiger partial charge in [-0.15, -0.1) is 0 Å². The zero-order valence-corrected chi connectivity index (χ0v) is 4.96. The van der Waals surface area contributed by atoms with E-state index in [9.17, 15) is 4.79 Å². The molecule has 0 spiro atoms. The van der Waals surface area contributed by atoms with E-state index in [0.29, 0.717) is 0 Å². The number of hydrogen-bond donors (Lipinski definition) is 2. The van der Waals surface area contributed by atoms with E-state index in [1.165, 1.54) is 0 Å². The van der Waals surface area contributed by atoms with Gasteiger partial charge in [-0.2, -0.15) is 0 Å². The topological polar surface area (TPSA) is 57.5 Å². The molecule has 0 bridgehead atoms. The Morgan fingerprint density at radius 3 is 1.78 bits per heavy atom. The van der Waals surface area contributed by atoms with Gasteiger partial charge >= 0.3 is 29.0 Å². The van der Waals surface area contributed by atoms with Crippen LogP contribution in [0.4, 0.5) is 0 Å². The minimum Gasteiger partial charge on any atom is -0.479 e. The third-order valence-electron chi connectivity index (χ3n) is 0.884. The largest absolute Gasteiger partial charge is 0.479 e. The van der Waals surface area contributed by atoms with E-state index in [-0.39, 0.29) is 29.0 Å². The summed E-state index contributed by atoms with van der Waals surface area (Å²) < 4.78 is 0. The van der Waals surface area contributed by atoms with Crippen molar-refractivity contribution in [2.75, 3.05) is 0 Å². The lowest BCUT2D eigenvalue weighted by Crippen LogP contribution is -2.25. The Bertz CT molecular complexity index is 92.2. The molecule has 52 valence electrons. The minimum absolute atomic E-state index is 0. The van der Waals surface area contributed by atoms with Crippen molar-refractivity contribution < 1.29 is 15.0 Å². The number of aliphatic hydroxyl groups excluding tert-OH is 1. The zero-order valence-electron chi connectivity index (χ0n) is 4.96. The number of aliphatic carboxylic acids is 1. The number of carboxylic acids is 1. The van der Waals surface area contributed by atoms with Gasteiger partial charge in [-0.25, -0.2) is 4.79 Å². The Morgan fingerprint density at radius 1 is 1.44 bits per heavy atom. The SMILES string of the molecule is CC(C)C(O)C(=O)O.[MgH2]. The van der Waals surface area contributed by atoms with Gasteiger partial charge in [0.05, 0.1) is 0 Å². The maximum atomic E-state index is 9.89. The fourth-order valence-electron chi connectivity index (χ4n) is 0.285. The number of hydrogen-bond acceptors (Lipinski definition) is 2. The molecule has 0 saturated heterocycles. The summed E-state index contributed by atoms with van der Waals surface area (Å²) in [5.41, 5.74) is 0. The highest BCUT2D eigenvalue weighted by Crippen LogP contribution is 1.99. The van der Waals surface area contributed by atoms with Crippen LogP contribution < -0.4 is 0 Å². The van der Waals surface area contributed by atoms with Crippen LogP contribution in [0.25, 0.3) is 0 Å². The van der Waals surface area contributed by atoms with Crippen molar-refractivity contribution in [2.45, 2.75) is 20.0 Å². The zero-order chi connectivity index (χ0) is 6.73. The number of carboxylic acid groups (broad SMARTS) is 1. The molecule has 0 saturated carbocycles. The fourth-order valence-corrected chi connectivity index (χ4v) is 0.285. The summed E-state index contributed by atoms with van der Waals surface area (Å²) in [6.07, 6.45) is -1.21. The van der Waals surface area contributed by atoms with Crippen molar-refractivity contribution in [1.29, 1.82) is 0 Å². The summed E-state index contributed by atoms with van der Waals surface area (Å²) in [4.78, 5) is 9.89. The number of aliphatic hydroxyl groups is 1. The van der Waals surface area contributed by atoms with Crippen molar-refractivity contribution in [3.8, 4) is 0 Å². The lowest BCUT2D eigenvalue weighted by atomic mass is 10.1. The van der Waals surface area contributed by atoms with Crippen molar-refractivity contribution >= 4 is 29.0 Å². The first-order valence-electron chi connectivity index (χ1n) is 2.46. The summed E-state index contributed by atoms with van der Waals surface area (Å²) in [7, 11) is 0. The molecule has 0 rings (SSSR count). The molecular weight excluding hydrogens is 132 g/mol. The molecule has 9 heavy (non-hydrogen) atoms. The molecular formula is C5H12MgO3. The maximum Gasteiger partial charge on any atom is 0.332 e. The summed E-state index contributed by atoms with van der Waals surface area (Å²) >= 11 is 0. The fraction of sp³-hybridized carbons (Fsp3) is 0.800. The third kappa shape index (κ3) is 4.68. The molecule has 0 amide bonds. The third-order valence-corrected chi connectivity index (χ3v) is 0.884. The summed E-state index contributed by atoms with van der Waals surface area (Å²) in [6.45, 7) is 3.30. The molecule has 0 aliphatic heterocycles. The van der Waals surface area contributed by atoms with Gasteiger partial charge in [0.25, 0.3) is 0 Å². The number of rotatable bonds is 2. The van der Waals surface area contributed by atoms with Crippen molar-refractivity contribution in [2.24, 2.45) is 5.92 Å². The predicted octanol–water partition coefficient (Wildman–Crippen LogP) is -0.828. The van der Waals surface area contributed by atoms with E-state index in [2.05, 4.69) is 0 Å². The monoisotopic (exact) mass is 144 g/mol. The van der Waals surface area contributed by atoms with Crippen LogP contribution in [0.2, 0.25) is 0 Å². The van der Waals surface area contributed by atoms with Gasteiger partial charge in [-0.1, -0.05) is 13.8 Å². The molecule has 0 aliphatic rings. The quantitative estimate of drug-likeness (QED) is 0.498. The van der Waals surface area contributed by atoms with Crippen LogP contribution in [0.15, 0.2) is 0 Å². The molecule has 0 aromatic heterocycles. The Labute approximate surface area is 70.2 Å². The van der Waals surface area contributed by atoms with Crippen molar-refractivity contribution in [3.63, 3.8) is 0 Å². The van der Waals surface area contributed by atoms with E-state index >= 15 is 0 Å². The molecule has 4 heteroatoms. The smallest absolute Gasteiger partial charge is 0.332 e. The Morgan fingerprint density at radius 2 is 1.78 bits per heavy atom. The second kappa shape index (κ2) is 5.02. The van der Waals surface area contributed by atoms with Crippen LogP contribution >= 0.6 is 0 Å². The molecule has 1 atom stereocenters. The van der Waals surface area contributed by atoms with E-state index in [4.69, 9.17) is 10.2 Å². The Balaban J connectivity index is 0. The van der Waals surface area contributed by atoms with Gasteiger partial charge in [0.1, 0.15) is 0 Å². The van der Waals surface area contributed by atoms with Gasteiger partial charge in [-0.3, -0.25) is 0 Å². The van der Waals surface area contributed by atoms with Crippen LogP contribution in [-0.4, -0.2) is 45.3 Å². The Hall–Kier alpha value is 0.196. The van der Waals surface area contributed by atoms with E-state index < -0.39 is 12.1 Å². The molecule has 1 unspecified atom stereocenters. The van der Waals surface area contributed by atoms with E-state index in [1.54, 1.807) is 13.8 Å². The van der Waals surface area contributed by atoms with Crippen LogP contribution in [0.1, 0.15) is 13.8 Å². The van der Waals surface area contributed by atoms with Crippen LogP contribution in [0, 0.1) is 5.92 Å². The van der Waals surface area contributed by atoms with Gasteiger partial charge < -0.3 is 10.2 Å². The van der Waals surface area contributed by atoms with Crippen molar-refractivity contribution in [1.82, 2.24) is 0 Å².